The first-order valence-electron chi connectivity index (χ1n) is 7.57. The molecule has 0 spiro atoms. The molecule has 1 aromatic carbocycles. The third-order valence-electron chi connectivity index (χ3n) is 3.48. The molecule has 0 unspecified atom stereocenters. The first-order chi connectivity index (χ1) is 12.5. The lowest BCUT2D eigenvalue weighted by molar-refractivity contribution is 0.441. The van der Waals surface area contributed by atoms with Gasteiger partial charge < -0.3 is 10.6 Å². The van der Waals surface area contributed by atoms with E-state index in [1.807, 2.05) is 17.5 Å². The van der Waals surface area contributed by atoms with Crippen molar-refractivity contribution in [3.63, 3.8) is 0 Å². The van der Waals surface area contributed by atoms with Gasteiger partial charge in [0.15, 0.2) is 27.7 Å². The van der Waals surface area contributed by atoms with Crippen molar-refractivity contribution < 1.29 is 13.2 Å². The summed E-state index contributed by atoms with van der Waals surface area (Å²) in [4.78, 5) is 8.46. The first-order valence-corrected chi connectivity index (χ1v) is 8.86. The molecule has 0 atom stereocenters. The fraction of sp³-hybridized carbons (Fsp3) is 0.118. The van der Waals surface area contributed by atoms with Gasteiger partial charge in [0.05, 0.1) is 5.69 Å². The summed E-state index contributed by atoms with van der Waals surface area (Å²) in [6, 6.07) is 5.84. The lowest BCUT2D eigenvalue weighted by Gasteiger charge is -2.09. The van der Waals surface area contributed by atoms with E-state index >= 15 is 0 Å². The molecule has 2 N–H and O–H groups in total. The van der Waals surface area contributed by atoms with Crippen molar-refractivity contribution in [2.75, 3.05) is 11.9 Å². The normalized spacial score (nSPS) is 10.6. The molecule has 0 bridgehead atoms. The lowest BCUT2D eigenvalue weighted by Crippen LogP contribution is -2.30. The summed E-state index contributed by atoms with van der Waals surface area (Å²) < 4.78 is 39.7. The van der Waals surface area contributed by atoms with Crippen molar-refractivity contribution in [2.45, 2.75) is 6.42 Å². The van der Waals surface area contributed by atoms with Crippen molar-refractivity contribution in [1.29, 1.82) is 0 Å². The molecule has 26 heavy (non-hydrogen) atoms. The standard InChI is InChI=1S/C17H13F3N4S2/c18-12-4-3-10(14(19)15(12)20)5-7-22-16(25)24-17-23-13(9-26-17)11-2-1-6-21-8-11/h1-4,6,8-9H,5,7H2,(H2,22,23,24,25). The summed E-state index contributed by atoms with van der Waals surface area (Å²) in [7, 11) is 0. The van der Waals surface area contributed by atoms with E-state index in [2.05, 4.69) is 20.6 Å². The Morgan fingerprint density at radius 3 is 2.77 bits per heavy atom. The number of hydrogen-bond donors (Lipinski definition) is 2. The van der Waals surface area contributed by atoms with Gasteiger partial charge in [-0.1, -0.05) is 6.07 Å². The maximum absolute atomic E-state index is 13.6. The first kappa shape index (κ1) is 18.3. The van der Waals surface area contributed by atoms with Crippen LogP contribution in [-0.4, -0.2) is 21.6 Å². The molecule has 0 saturated carbocycles. The highest BCUT2D eigenvalue weighted by atomic mass is 32.1. The number of hydrogen-bond acceptors (Lipinski definition) is 4. The van der Waals surface area contributed by atoms with Gasteiger partial charge >= 0.3 is 0 Å². The summed E-state index contributed by atoms with van der Waals surface area (Å²) in [6.45, 7) is 0.259. The third-order valence-corrected chi connectivity index (χ3v) is 4.48. The minimum atomic E-state index is -1.46. The molecule has 0 aliphatic heterocycles. The Hall–Kier alpha value is -2.52. The highest BCUT2D eigenvalue weighted by Gasteiger charge is 2.13. The highest BCUT2D eigenvalue weighted by Crippen LogP contribution is 2.24. The van der Waals surface area contributed by atoms with Crippen LogP contribution in [0.4, 0.5) is 18.3 Å². The predicted molar refractivity (Wildman–Crippen MR) is 99.6 cm³/mol. The number of nitrogens with zero attached hydrogens (tertiary/aromatic N) is 2. The van der Waals surface area contributed by atoms with Gasteiger partial charge in [0.2, 0.25) is 0 Å². The van der Waals surface area contributed by atoms with Crippen LogP contribution < -0.4 is 10.6 Å². The smallest absolute Gasteiger partial charge is 0.194 e. The monoisotopic (exact) mass is 394 g/mol. The van der Waals surface area contributed by atoms with E-state index in [9.17, 15) is 13.2 Å². The predicted octanol–water partition coefficient (Wildman–Crippen LogP) is 4.15. The lowest BCUT2D eigenvalue weighted by atomic mass is 10.1. The van der Waals surface area contributed by atoms with Gasteiger partial charge in [0.25, 0.3) is 0 Å². The van der Waals surface area contributed by atoms with E-state index in [1.54, 1.807) is 12.4 Å². The summed E-state index contributed by atoms with van der Waals surface area (Å²) in [5, 5.41) is 8.59. The van der Waals surface area contributed by atoms with Crippen LogP contribution >= 0.6 is 23.6 Å². The molecule has 134 valence electrons. The SMILES string of the molecule is Fc1ccc(CCNC(=S)Nc2nc(-c3cccnc3)cs2)c(F)c1F. The van der Waals surface area contributed by atoms with Crippen molar-refractivity contribution in [2.24, 2.45) is 0 Å². The van der Waals surface area contributed by atoms with Crippen LogP contribution in [0.2, 0.25) is 0 Å². The second-order valence-corrected chi connectivity index (χ2v) is 6.51. The number of rotatable bonds is 5. The molecule has 0 aliphatic carbocycles. The van der Waals surface area contributed by atoms with Gasteiger partial charge in [-0.25, -0.2) is 18.2 Å². The molecule has 0 fully saturated rings. The molecule has 0 amide bonds. The Labute approximate surface area is 157 Å². The van der Waals surface area contributed by atoms with Crippen LogP contribution in [0, 0.1) is 17.5 Å². The maximum atomic E-state index is 13.6. The zero-order chi connectivity index (χ0) is 18.5. The van der Waals surface area contributed by atoms with Crippen molar-refractivity contribution in [3.05, 3.63) is 65.1 Å². The van der Waals surface area contributed by atoms with E-state index < -0.39 is 17.5 Å². The molecule has 9 heteroatoms. The van der Waals surface area contributed by atoms with Crippen LogP contribution in [-0.2, 0) is 6.42 Å². The van der Waals surface area contributed by atoms with E-state index in [-0.39, 0.29) is 18.5 Å². The van der Waals surface area contributed by atoms with Gasteiger partial charge in [-0.05, 0) is 42.4 Å². The van der Waals surface area contributed by atoms with Gasteiger partial charge in [0, 0.05) is 29.9 Å². The molecule has 0 radical (unpaired) electrons. The maximum Gasteiger partial charge on any atom is 0.194 e. The number of thiocarbonyl (C=S) groups is 1. The number of anilines is 1. The number of nitrogens with one attached hydrogen (secondary N) is 2. The van der Waals surface area contributed by atoms with Crippen molar-refractivity contribution in [1.82, 2.24) is 15.3 Å². The number of halogens is 3. The molecule has 2 aromatic heterocycles. The fourth-order valence-electron chi connectivity index (χ4n) is 2.19. The number of thiazole rings is 1. The van der Waals surface area contributed by atoms with Gasteiger partial charge in [-0.2, -0.15) is 0 Å². The van der Waals surface area contributed by atoms with Crippen LogP contribution in [0.5, 0.6) is 0 Å². The van der Waals surface area contributed by atoms with Crippen LogP contribution in [0.15, 0.2) is 42.0 Å². The van der Waals surface area contributed by atoms with Crippen molar-refractivity contribution in [3.8, 4) is 11.3 Å². The second kappa shape index (κ2) is 8.24. The molecular weight excluding hydrogens is 381 g/mol. The van der Waals surface area contributed by atoms with Crippen molar-refractivity contribution >= 4 is 33.8 Å². The van der Waals surface area contributed by atoms with Crippen LogP contribution in [0.3, 0.4) is 0 Å². The van der Waals surface area contributed by atoms with Gasteiger partial charge in [-0.15, -0.1) is 11.3 Å². The van der Waals surface area contributed by atoms with Gasteiger partial charge in [-0.3, -0.25) is 4.98 Å². The Bertz CT molecular complexity index is 916. The molecule has 2 heterocycles. The molecular formula is C17H13F3N4S2. The number of benzene rings is 1. The number of aromatic nitrogens is 2. The Morgan fingerprint density at radius 2 is 2.00 bits per heavy atom. The number of pyridine rings is 1. The summed E-state index contributed by atoms with van der Waals surface area (Å²) in [6.07, 6.45) is 3.55. The van der Waals surface area contributed by atoms with E-state index in [4.69, 9.17) is 12.2 Å². The van der Waals surface area contributed by atoms with Crippen LogP contribution in [0.25, 0.3) is 11.3 Å². The molecule has 0 aliphatic rings. The minimum Gasteiger partial charge on any atom is -0.362 e. The fourth-order valence-corrected chi connectivity index (χ4v) is 3.18. The molecule has 4 nitrogen and oxygen atoms in total. The topological polar surface area (TPSA) is 49.8 Å². The summed E-state index contributed by atoms with van der Waals surface area (Å²) in [5.74, 6) is -3.84. The quantitative estimate of drug-likeness (QED) is 0.503. The zero-order valence-corrected chi connectivity index (χ0v) is 14.9. The Kier molecular flexibility index (Phi) is 5.79. The molecule has 3 aromatic rings. The average molecular weight is 394 g/mol. The third kappa shape index (κ3) is 4.36. The van der Waals surface area contributed by atoms with Gasteiger partial charge in [0.1, 0.15) is 0 Å². The zero-order valence-electron chi connectivity index (χ0n) is 13.3. The summed E-state index contributed by atoms with van der Waals surface area (Å²) in [5.41, 5.74) is 1.74. The second-order valence-electron chi connectivity index (χ2n) is 5.24. The molecule has 0 saturated heterocycles. The Morgan fingerprint density at radius 1 is 1.15 bits per heavy atom. The largest absolute Gasteiger partial charge is 0.362 e. The van der Waals surface area contributed by atoms with Crippen LogP contribution in [0.1, 0.15) is 5.56 Å². The van der Waals surface area contributed by atoms with E-state index in [0.717, 1.165) is 17.3 Å². The highest BCUT2D eigenvalue weighted by molar-refractivity contribution is 7.80. The summed E-state index contributed by atoms with van der Waals surface area (Å²) >= 11 is 6.54. The molecule has 3 rings (SSSR count). The average Bonchev–Trinajstić information content (AvgIpc) is 3.11. The minimum absolute atomic E-state index is 0.0762. The Balaban J connectivity index is 1.52. The van der Waals surface area contributed by atoms with E-state index in [0.29, 0.717) is 10.2 Å². The van der Waals surface area contributed by atoms with E-state index in [1.165, 1.54) is 17.4 Å².